The molecule has 0 saturated heterocycles. The lowest BCUT2D eigenvalue weighted by atomic mass is 10.1. The van der Waals surface area contributed by atoms with Crippen molar-refractivity contribution in [3.8, 4) is 11.8 Å². The summed E-state index contributed by atoms with van der Waals surface area (Å²) in [6.07, 6.45) is 1.68. The Kier molecular flexibility index (Phi) is 5.07. The largest absolute Gasteiger partial charge is 0.444 e. The van der Waals surface area contributed by atoms with Crippen LogP contribution >= 0.6 is 0 Å². The van der Waals surface area contributed by atoms with Crippen LogP contribution in [0.4, 0.5) is 4.79 Å². The average molecular weight is 312 g/mol. The van der Waals surface area contributed by atoms with Crippen molar-refractivity contribution in [3.05, 3.63) is 46.2 Å². The molecule has 0 aliphatic heterocycles. The molecule has 1 aromatic heterocycles. The molecule has 0 saturated carbocycles. The van der Waals surface area contributed by atoms with Crippen LogP contribution in [0, 0.1) is 11.8 Å². The zero-order valence-electron chi connectivity index (χ0n) is 13.5. The van der Waals surface area contributed by atoms with E-state index in [4.69, 9.17) is 4.74 Å². The molecule has 0 aliphatic carbocycles. The van der Waals surface area contributed by atoms with Gasteiger partial charge in [0.2, 0.25) is 0 Å². The van der Waals surface area contributed by atoms with Crippen molar-refractivity contribution in [1.82, 2.24) is 10.3 Å². The first-order valence-corrected chi connectivity index (χ1v) is 7.42. The molecule has 2 aromatic rings. The van der Waals surface area contributed by atoms with E-state index in [-0.39, 0.29) is 5.43 Å². The fourth-order valence-electron chi connectivity index (χ4n) is 1.95. The number of hydrogen-bond acceptors (Lipinski definition) is 3. The number of fused-ring (bicyclic) bond motifs is 1. The second-order valence-electron chi connectivity index (χ2n) is 6.08. The van der Waals surface area contributed by atoms with Crippen molar-refractivity contribution in [2.45, 2.75) is 32.8 Å². The third-order valence-electron chi connectivity index (χ3n) is 2.91. The minimum absolute atomic E-state index is 0.0333. The van der Waals surface area contributed by atoms with E-state index in [1.165, 1.54) is 6.07 Å². The van der Waals surface area contributed by atoms with Crippen LogP contribution in [-0.2, 0) is 4.74 Å². The molecule has 1 aromatic carbocycles. The third-order valence-corrected chi connectivity index (χ3v) is 2.91. The summed E-state index contributed by atoms with van der Waals surface area (Å²) in [5, 5.41) is 3.26. The summed E-state index contributed by atoms with van der Waals surface area (Å²) in [6, 6.07) is 6.94. The number of amides is 1. The van der Waals surface area contributed by atoms with Crippen molar-refractivity contribution in [1.29, 1.82) is 0 Å². The maximum absolute atomic E-state index is 11.8. The second-order valence-corrected chi connectivity index (χ2v) is 6.08. The van der Waals surface area contributed by atoms with Crippen molar-refractivity contribution >= 4 is 17.0 Å². The summed E-state index contributed by atoms with van der Waals surface area (Å²) in [5.74, 6) is 5.96. The van der Waals surface area contributed by atoms with Crippen molar-refractivity contribution < 1.29 is 9.53 Å². The maximum Gasteiger partial charge on any atom is 0.407 e. The Hall–Kier alpha value is -2.74. The van der Waals surface area contributed by atoms with Crippen LogP contribution in [0.15, 0.2) is 35.3 Å². The monoisotopic (exact) mass is 312 g/mol. The lowest BCUT2D eigenvalue weighted by Gasteiger charge is -2.19. The van der Waals surface area contributed by atoms with E-state index in [1.54, 1.807) is 12.3 Å². The number of H-pyrrole nitrogens is 1. The fourth-order valence-corrected chi connectivity index (χ4v) is 1.95. The van der Waals surface area contributed by atoms with Crippen molar-refractivity contribution in [2.24, 2.45) is 0 Å². The van der Waals surface area contributed by atoms with Gasteiger partial charge in [-0.2, -0.15) is 0 Å². The van der Waals surface area contributed by atoms with Gasteiger partial charge in [0.1, 0.15) is 5.60 Å². The topological polar surface area (TPSA) is 71.2 Å². The molecule has 23 heavy (non-hydrogen) atoms. The number of aromatic amines is 1. The summed E-state index contributed by atoms with van der Waals surface area (Å²) >= 11 is 0. The van der Waals surface area contributed by atoms with Crippen molar-refractivity contribution in [2.75, 3.05) is 6.54 Å². The van der Waals surface area contributed by atoms with Gasteiger partial charge in [0, 0.05) is 41.7 Å². The summed E-state index contributed by atoms with van der Waals surface area (Å²) in [6.45, 7) is 5.85. The number of ether oxygens (including phenoxy) is 1. The van der Waals surface area contributed by atoms with Crippen LogP contribution in [0.2, 0.25) is 0 Å². The zero-order valence-corrected chi connectivity index (χ0v) is 13.5. The van der Waals surface area contributed by atoms with E-state index in [1.807, 2.05) is 32.9 Å². The quantitative estimate of drug-likeness (QED) is 0.661. The Labute approximate surface area is 135 Å². The van der Waals surface area contributed by atoms with E-state index in [0.717, 1.165) is 11.1 Å². The van der Waals surface area contributed by atoms with Gasteiger partial charge in [-0.25, -0.2) is 4.79 Å². The van der Waals surface area contributed by atoms with Crippen LogP contribution in [0.1, 0.15) is 32.8 Å². The number of rotatable bonds is 2. The molecule has 1 heterocycles. The number of pyridine rings is 1. The van der Waals surface area contributed by atoms with Crippen LogP contribution in [0.25, 0.3) is 10.9 Å². The SMILES string of the molecule is CC(C)(C)OC(=O)NCCC#Cc1ccc2[nH]ccc(=O)c2c1. The van der Waals surface area contributed by atoms with Crippen LogP contribution in [0.3, 0.4) is 0 Å². The minimum atomic E-state index is -0.506. The molecule has 5 nitrogen and oxygen atoms in total. The van der Waals surface area contributed by atoms with Gasteiger partial charge in [0.25, 0.3) is 0 Å². The highest BCUT2D eigenvalue weighted by Crippen LogP contribution is 2.09. The number of carbonyl (C=O) groups excluding carboxylic acids is 1. The number of carbonyl (C=O) groups is 1. The van der Waals surface area contributed by atoms with Crippen LogP contribution < -0.4 is 10.7 Å². The summed E-state index contributed by atoms with van der Waals surface area (Å²) in [4.78, 5) is 26.2. The molecule has 5 heteroatoms. The second kappa shape index (κ2) is 7.01. The molecule has 1 amide bonds. The molecule has 0 aliphatic rings. The molecule has 0 fully saturated rings. The van der Waals surface area contributed by atoms with Gasteiger partial charge in [-0.1, -0.05) is 11.8 Å². The zero-order chi connectivity index (χ0) is 16.9. The molecular weight excluding hydrogens is 292 g/mol. The Morgan fingerprint density at radius 3 is 2.83 bits per heavy atom. The lowest BCUT2D eigenvalue weighted by molar-refractivity contribution is 0.0529. The average Bonchev–Trinajstić information content (AvgIpc) is 2.46. The molecule has 0 unspecified atom stereocenters. The number of aromatic nitrogens is 1. The van der Waals surface area contributed by atoms with Gasteiger partial charge in [0.05, 0.1) is 0 Å². The highest BCUT2D eigenvalue weighted by Gasteiger charge is 2.15. The first kappa shape index (κ1) is 16.6. The molecule has 2 rings (SSSR count). The summed E-state index contributed by atoms with van der Waals surface area (Å²) in [5.41, 5.74) is 1.02. The summed E-state index contributed by atoms with van der Waals surface area (Å²) in [7, 11) is 0. The standard InChI is InChI=1S/C18H20N2O3/c1-18(2,3)23-17(22)20-10-5-4-6-13-7-8-15-14(12-13)16(21)9-11-19-15/h7-9,11-12H,5,10H2,1-3H3,(H,19,21)(H,20,22). The van der Waals surface area contributed by atoms with E-state index in [9.17, 15) is 9.59 Å². The predicted octanol–water partition coefficient (Wildman–Crippen LogP) is 2.79. The lowest BCUT2D eigenvalue weighted by Crippen LogP contribution is -2.32. The third kappa shape index (κ3) is 5.19. The van der Waals surface area contributed by atoms with E-state index in [0.29, 0.717) is 18.4 Å². The molecule has 2 N–H and O–H groups in total. The van der Waals surface area contributed by atoms with Crippen LogP contribution in [0.5, 0.6) is 0 Å². The van der Waals surface area contributed by atoms with Gasteiger partial charge in [0.15, 0.2) is 5.43 Å². The number of alkyl carbamates (subject to hydrolysis) is 1. The smallest absolute Gasteiger partial charge is 0.407 e. The maximum atomic E-state index is 11.8. The van der Waals surface area contributed by atoms with Crippen LogP contribution in [-0.4, -0.2) is 23.2 Å². The normalized spacial score (nSPS) is 10.7. The Bertz CT molecular complexity index is 820. The highest BCUT2D eigenvalue weighted by atomic mass is 16.6. The number of hydrogen-bond donors (Lipinski definition) is 2. The minimum Gasteiger partial charge on any atom is -0.444 e. The number of nitrogens with one attached hydrogen (secondary N) is 2. The molecular formula is C18H20N2O3. The van der Waals surface area contributed by atoms with E-state index < -0.39 is 11.7 Å². The summed E-state index contributed by atoms with van der Waals surface area (Å²) < 4.78 is 5.13. The van der Waals surface area contributed by atoms with Gasteiger partial charge in [-0.15, -0.1) is 0 Å². The van der Waals surface area contributed by atoms with Gasteiger partial charge < -0.3 is 15.0 Å². The molecule has 0 bridgehead atoms. The molecule has 120 valence electrons. The Balaban J connectivity index is 1.91. The first-order chi connectivity index (χ1) is 10.8. The highest BCUT2D eigenvalue weighted by molar-refractivity contribution is 5.79. The first-order valence-electron chi connectivity index (χ1n) is 7.42. The molecule has 0 spiro atoms. The molecule has 0 atom stereocenters. The van der Waals surface area contributed by atoms with Crippen molar-refractivity contribution in [3.63, 3.8) is 0 Å². The Morgan fingerprint density at radius 2 is 2.09 bits per heavy atom. The molecule has 0 radical (unpaired) electrons. The van der Waals surface area contributed by atoms with Gasteiger partial charge in [-0.05, 0) is 39.0 Å². The van der Waals surface area contributed by atoms with Gasteiger partial charge >= 0.3 is 6.09 Å². The van der Waals surface area contributed by atoms with E-state index >= 15 is 0 Å². The fraction of sp³-hybridized carbons (Fsp3) is 0.333. The predicted molar refractivity (Wildman–Crippen MR) is 90.3 cm³/mol. The van der Waals surface area contributed by atoms with E-state index in [2.05, 4.69) is 22.1 Å². The van der Waals surface area contributed by atoms with Gasteiger partial charge in [-0.3, -0.25) is 4.79 Å². The Morgan fingerprint density at radius 1 is 1.30 bits per heavy atom. The number of benzene rings is 1.